The van der Waals surface area contributed by atoms with Gasteiger partial charge in [-0.1, -0.05) is 12.1 Å². The molecule has 0 amide bonds. The summed E-state index contributed by atoms with van der Waals surface area (Å²) in [7, 11) is 1.63. The predicted molar refractivity (Wildman–Crippen MR) is 136 cm³/mol. The third-order valence-corrected chi connectivity index (χ3v) is 6.67. The van der Waals surface area contributed by atoms with Crippen LogP contribution >= 0.6 is 0 Å². The Morgan fingerprint density at radius 1 is 0.947 bits per heavy atom. The number of anilines is 1. The Morgan fingerprint density at radius 2 is 1.66 bits per heavy atom. The third-order valence-electron chi connectivity index (χ3n) is 5.43. The highest BCUT2D eigenvalue weighted by Gasteiger charge is 2.28. The second-order valence-corrected chi connectivity index (χ2v) is 9.54. The molecule has 3 heterocycles. The standard InChI is InChI=1S/C24H25FN6O6S/c1-34-18-8-6-9-19(35-2)22(18)31-23(17-7-5-10-21(27-17)37-4)28-29-24(31)30-38(32,33)14-20(36-3)16-12-11-15(25)13-26-16/h5-13,20H,14H2,1-4H3,(H,29,30)/t20-/m1/s1. The van der Waals surface area contributed by atoms with Crippen molar-refractivity contribution >= 4 is 16.0 Å². The number of ether oxygens (including phenoxy) is 4. The summed E-state index contributed by atoms with van der Waals surface area (Å²) in [4.78, 5) is 8.35. The van der Waals surface area contributed by atoms with Crippen LogP contribution in [0.4, 0.5) is 10.3 Å². The Bertz CT molecular complexity index is 1490. The van der Waals surface area contributed by atoms with Crippen molar-refractivity contribution < 1.29 is 31.8 Å². The van der Waals surface area contributed by atoms with E-state index in [4.69, 9.17) is 18.9 Å². The van der Waals surface area contributed by atoms with E-state index in [1.54, 1.807) is 36.4 Å². The number of aromatic nitrogens is 5. The van der Waals surface area contributed by atoms with E-state index in [2.05, 4.69) is 24.9 Å². The number of halogens is 1. The first-order valence-corrected chi connectivity index (χ1v) is 12.8. The van der Waals surface area contributed by atoms with Gasteiger partial charge in [-0.05, 0) is 30.3 Å². The minimum atomic E-state index is -4.11. The molecule has 4 rings (SSSR count). The molecule has 1 atom stereocenters. The predicted octanol–water partition coefficient (Wildman–Crippen LogP) is 3.02. The van der Waals surface area contributed by atoms with E-state index in [-0.39, 0.29) is 17.5 Å². The largest absolute Gasteiger partial charge is 0.494 e. The number of pyridine rings is 2. The fourth-order valence-electron chi connectivity index (χ4n) is 3.67. The average molecular weight is 545 g/mol. The molecule has 1 N–H and O–H groups in total. The molecule has 3 aromatic heterocycles. The smallest absolute Gasteiger partial charge is 0.243 e. The normalized spacial score (nSPS) is 12.1. The Morgan fingerprint density at radius 3 is 2.26 bits per heavy atom. The molecule has 14 heteroatoms. The summed E-state index contributed by atoms with van der Waals surface area (Å²) < 4.78 is 65.4. The molecule has 0 unspecified atom stereocenters. The van der Waals surface area contributed by atoms with Crippen molar-refractivity contribution in [3.8, 4) is 34.6 Å². The number of para-hydroxylation sites is 1. The molecular formula is C24H25FN6O6S. The highest BCUT2D eigenvalue weighted by molar-refractivity contribution is 7.92. The van der Waals surface area contributed by atoms with Crippen LogP contribution in [-0.4, -0.2) is 67.3 Å². The lowest BCUT2D eigenvalue weighted by Gasteiger charge is -2.19. The van der Waals surface area contributed by atoms with Crippen LogP contribution in [0.15, 0.2) is 54.7 Å². The molecule has 0 aliphatic rings. The van der Waals surface area contributed by atoms with Crippen LogP contribution in [0, 0.1) is 5.82 Å². The molecule has 1 aromatic carbocycles. The monoisotopic (exact) mass is 544 g/mol. The van der Waals surface area contributed by atoms with Crippen molar-refractivity contribution in [2.24, 2.45) is 0 Å². The Balaban J connectivity index is 1.81. The molecule has 0 bridgehead atoms. The molecule has 0 aliphatic heterocycles. The van der Waals surface area contributed by atoms with Gasteiger partial charge in [0.2, 0.25) is 21.9 Å². The van der Waals surface area contributed by atoms with E-state index in [0.717, 1.165) is 6.20 Å². The zero-order chi connectivity index (χ0) is 27.3. The highest BCUT2D eigenvalue weighted by atomic mass is 32.2. The van der Waals surface area contributed by atoms with Crippen molar-refractivity contribution in [1.82, 2.24) is 24.7 Å². The van der Waals surface area contributed by atoms with Crippen LogP contribution < -0.4 is 18.9 Å². The zero-order valence-corrected chi connectivity index (χ0v) is 21.8. The summed E-state index contributed by atoms with van der Waals surface area (Å²) in [5, 5.41) is 8.31. The fraction of sp³-hybridized carbons (Fsp3) is 0.250. The summed E-state index contributed by atoms with van der Waals surface area (Å²) in [6.07, 6.45) is 0.00384. The third kappa shape index (κ3) is 5.65. The van der Waals surface area contributed by atoms with Crippen LogP contribution in [0.25, 0.3) is 17.2 Å². The van der Waals surface area contributed by atoms with E-state index >= 15 is 0 Å². The first-order valence-electron chi connectivity index (χ1n) is 11.1. The molecule has 38 heavy (non-hydrogen) atoms. The fourth-order valence-corrected chi connectivity index (χ4v) is 4.86. The summed E-state index contributed by atoms with van der Waals surface area (Å²) >= 11 is 0. The lowest BCUT2D eigenvalue weighted by Crippen LogP contribution is -2.25. The van der Waals surface area contributed by atoms with Gasteiger partial charge in [0, 0.05) is 13.2 Å². The minimum Gasteiger partial charge on any atom is -0.494 e. The van der Waals surface area contributed by atoms with Gasteiger partial charge in [-0.15, -0.1) is 10.2 Å². The van der Waals surface area contributed by atoms with Gasteiger partial charge in [0.05, 0.1) is 33.2 Å². The number of sulfonamides is 1. The number of nitrogens with one attached hydrogen (secondary N) is 1. The summed E-state index contributed by atoms with van der Waals surface area (Å²) in [6.45, 7) is 0. The quantitative estimate of drug-likeness (QED) is 0.300. The van der Waals surface area contributed by atoms with Crippen molar-refractivity contribution in [3.05, 3.63) is 66.2 Å². The van der Waals surface area contributed by atoms with E-state index in [9.17, 15) is 12.8 Å². The van der Waals surface area contributed by atoms with Gasteiger partial charge in [-0.3, -0.25) is 14.3 Å². The van der Waals surface area contributed by atoms with E-state index in [1.807, 2.05) is 0 Å². The number of methoxy groups -OCH3 is 4. The summed E-state index contributed by atoms with van der Waals surface area (Å²) in [6, 6.07) is 12.6. The van der Waals surface area contributed by atoms with Crippen molar-refractivity contribution in [2.45, 2.75) is 6.10 Å². The molecular weight excluding hydrogens is 519 g/mol. The maximum Gasteiger partial charge on any atom is 0.243 e. The molecule has 12 nitrogen and oxygen atoms in total. The van der Waals surface area contributed by atoms with Crippen LogP contribution in [0.3, 0.4) is 0 Å². The van der Waals surface area contributed by atoms with E-state index in [0.29, 0.717) is 28.8 Å². The van der Waals surface area contributed by atoms with Gasteiger partial charge in [-0.25, -0.2) is 17.8 Å². The van der Waals surface area contributed by atoms with Crippen molar-refractivity contribution in [2.75, 3.05) is 38.9 Å². The van der Waals surface area contributed by atoms with Crippen LogP contribution in [0.1, 0.15) is 11.8 Å². The van der Waals surface area contributed by atoms with Gasteiger partial charge < -0.3 is 18.9 Å². The molecule has 0 fully saturated rings. The molecule has 0 saturated heterocycles. The minimum absolute atomic E-state index is 0.158. The van der Waals surface area contributed by atoms with Gasteiger partial charge in [0.15, 0.2) is 5.82 Å². The molecule has 0 radical (unpaired) electrons. The number of nitrogens with zero attached hydrogens (tertiary/aromatic N) is 5. The van der Waals surface area contributed by atoms with E-state index in [1.165, 1.54) is 45.1 Å². The Kier molecular flexibility index (Phi) is 8.02. The highest BCUT2D eigenvalue weighted by Crippen LogP contribution is 2.37. The SMILES string of the molecule is COc1cccc(-c2nnc(NS(=O)(=O)C[C@@H](OC)c3ccc(F)cn3)n2-c2c(OC)cccc2OC)n1. The number of benzene rings is 1. The van der Waals surface area contributed by atoms with Crippen molar-refractivity contribution in [1.29, 1.82) is 0 Å². The Labute approximate surface area is 218 Å². The first kappa shape index (κ1) is 26.8. The number of hydrogen-bond acceptors (Lipinski definition) is 10. The van der Waals surface area contributed by atoms with Crippen LogP contribution in [0.5, 0.6) is 17.4 Å². The lowest BCUT2D eigenvalue weighted by molar-refractivity contribution is 0.118. The van der Waals surface area contributed by atoms with Crippen LogP contribution in [0.2, 0.25) is 0 Å². The molecule has 0 saturated carbocycles. The first-order chi connectivity index (χ1) is 18.3. The summed E-state index contributed by atoms with van der Waals surface area (Å²) in [5.41, 5.74) is 0.928. The average Bonchev–Trinajstić information content (AvgIpc) is 3.33. The number of hydrogen-bond donors (Lipinski definition) is 1. The summed E-state index contributed by atoms with van der Waals surface area (Å²) in [5.74, 6) is -0.0200. The van der Waals surface area contributed by atoms with Crippen LogP contribution in [-0.2, 0) is 14.8 Å². The van der Waals surface area contributed by atoms with Gasteiger partial charge in [-0.2, -0.15) is 0 Å². The van der Waals surface area contributed by atoms with E-state index < -0.39 is 27.7 Å². The topological polar surface area (TPSA) is 140 Å². The maximum atomic E-state index is 13.3. The second-order valence-electron chi connectivity index (χ2n) is 7.77. The zero-order valence-electron chi connectivity index (χ0n) is 21.0. The molecule has 4 aromatic rings. The molecule has 200 valence electrons. The molecule has 0 spiro atoms. The van der Waals surface area contributed by atoms with Crippen molar-refractivity contribution in [3.63, 3.8) is 0 Å². The second kappa shape index (κ2) is 11.4. The lowest BCUT2D eigenvalue weighted by atomic mass is 10.2. The van der Waals surface area contributed by atoms with Gasteiger partial charge in [0.1, 0.15) is 40.6 Å². The van der Waals surface area contributed by atoms with Gasteiger partial charge >= 0.3 is 0 Å². The molecule has 0 aliphatic carbocycles. The Hall–Kier alpha value is -4.30. The maximum absolute atomic E-state index is 13.3. The van der Waals surface area contributed by atoms with Gasteiger partial charge in [0.25, 0.3) is 0 Å². The number of rotatable bonds is 11.